The van der Waals surface area contributed by atoms with Crippen molar-refractivity contribution < 1.29 is 14.3 Å². The zero-order valence-corrected chi connectivity index (χ0v) is 14.9. The minimum atomic E-state index is -0.269. The van der Waals surface area contributed by atoms with Gasteiger partial charge < -0.3 is 14.8 Å². The van der Waals surface area contributed by atoms with Gasteiger partial charge in [-0.1, -0.05) is 24.3 Å². The number of hydrogen-bond acceptors (Lipinski definition) is 4. The Bertz CT molecular complexity index is 742. The third-order valence-corrected chi connectivity index (χ3v) is 4.86. The molecule has 1 aliphatic carbocycles. The predicted molar refractivity (Wildman–Crippen MR) is 98.2 cm³/mol. The maximum atomic E-state index is 11.7. The number of aryl methyl sites for hydroxylation is 1. The van der Waals surface area contributed by atoms with Crippen LogP contribution in [0.4, 0.5) is 0 Å². The van der Waals surface area contributed by atoms with Crippen LogP contribution in [0.2, 0.25) is 0 Å². The maximum Gasteiger partial charge on any atom is 0.337 e. The lowest BCUT2D eigenvalue weighted by molar-refractivity contribution is 0.0600. The molecule has 4 nitrogen and oxygen atoms in total. The number of esters is 1. The van der Waals surface area contributed by atoms with Gasteiger partial charge in [-0.3, -0.25) is 0 Å². The van der Waals surface area contributed by atoms with Crippen molar-refractivity contribution in [2.45, 2.75) is 31.7 Å². The van der Waals surface area contributed by atoms with Crippen molar-refractivity contribution >= 4 is 5.97 Å². The number of hydrogen-bond donors (Lipinski definition) is 1. The molecule has 3 rings (SSSR count). The molecule has 25 heavy (non-hydrogen) atoms. The van der Waals surface area contributed by atoms with Crippen LogP contribution in [0.25, 0.3) is 0 Å². The molecule has 0 aromatic heterocycles. The molecule has 0 saturated heterocycles. The van der Waals surface area contributed by atoms with Crippen LogP contribution in [0.3, 0.4) is 0 Å². The van der Waals surface area contributed by atoms with Crippen LogP contribution in [-0.4, -0.2) is 26.7 Å². The summed E-state index contributed by atoms with van der Waals surface area (Å²) >= 11 is 0. The quantitative estimate of drug-likeness (QED) is 0.816. The standard InChI is InChI=1S/C21H25NO3/c1-24-20-9-4-3-6-15(20)12-13-22-19-8-5-7-16-14-17(21(23)25-2)10-11-18(16)19/h3-4,6,9-11,14,19,22H,5,7-8,12-13H2,1-2H3. The van der Waals surface area contributed by atoms with Gasteiger partial charge in [0.1, 0.15) is 5.75 Å². The molecule has 0 heterocycles. The molecule has 0 aliphatic heterocycles. The van der Waals surface area contributed by atoms with Gasteiger partial charge >= 0.3 is 5.97 Å². The Balaban J connectivity index is 1.66. The maximum absolute atomic E-state index is 11.7. The molecule has 1 unspecified atom stereocenters. The van der Waals surface area contributed by atoms with E-state index in [0.29, 0.717) is 11.6 Å². The number of ether oxygens (including phenoxy) is 2. The van der Waals surface area contributed by atoms with E-state index in [0.717, 1.165) is 38.0 Å². The lowest BCUT2D eigenvalue weighted by Gasteiger charge is -2.27. The molecule has 0 amide bonds. The first-order valence-corrected chi connectivity index (χ1v) is 8.79. The molecule has 0 bridgehead atoms. The van der Waals surface area contributed by atoms with Crippen molar-refractivity contribution in [3.05, 3.63) is 64.7 Å². The van der Waals surface area contributed by atoms with Crippen molar-refractivity contribution in [1.82, 2.24) is 5.32 Å². The molecule has 2 aromatic carbocycles. The van der Waals surface area contributed by atoms with Crippen LogP contribution in [0, 0.1) is 0 Å². The van der Waals surface area contributed by atoms with E-state index in [-0.39, 0.29) is 5.97 Å². The minimum Gasteiger partial charge on any atom is -0.496 e. The molecule has 2 aromatic rings. The number of fused-ring (bicyclic) bond motifs is 1. The zero-order chi connectivity index (χ0) is 17.6. The van der Waals surface area contributed by atoms with E-state index in [1.165, 1.54) is 23.8 Å². The molecular weight excluding hydrogens is 314 g/mol. The van der Waals surface area contributed by atoms with Gasteiger partial charge in [-0.25, -0.2) is 4.79 Å². The number of methoxy groups -OCH3 is 2. The molecule has 0 saturated carbocycles. The summed E-state index contributed by atoms with van der Waals surface area (Å²) < 4.78 is 10.2. The van der Waals surface area contributed by atoms with Gasteiger partial charge in [-0.05, 0) is 67.1 Å². The van der Waals surface area contributed by atoms with Gasteiger partial charge in [0.25, 0.3) is 0 Å². The number of benzene rings is 2. The average Bonchev–Trinajstić information content (AvgIpc) is 2.67. The van der Waals surface area contributed by atoms with Crippen LogP contribution < -0.4 is 10.1 Å². The summed E-state index contributed by atoms with van der Waals surface area (Å²) in [5.74, 6) is 0.671. The third kappa shape index (κ3) is 4.02. The SMILES string of the molecule is COC(=O)c1ccc2c(c1)CCCC2NCCc1ccccc1OC. The highest BCUT2D eigenvalue weighted by Crippen LogP contribution is 2.30. The summed E-state index contributed by atoms with van der Waals surface area (Å²) in [6.07, 6.45) is 4.20. The lowest BCUT2D eigenvalue weighted by atomic mass is 9.86. The number of carbonyl (C=O) groups is 1. The van der Waals surface area contributed by atoms with E-state index in [1.807, 2.05) is 30.3 Å². The fourth-order valence-corrected chi connectivity index (χ4v) is 3.56. The first-order chi connectivity index (χ1) is 12.2. The van der Waals surface area contributed by atoms with E-state index in [1.54, 1.807) is 7.11 Å². The van der Waals surface area contributed by atoms with Crippen molar-refractivity contribution in [3.8, 4) is 5.75 Å². The second-order valence-electron chi connectivity index (χ2n) is 6.37. The van der Waals surface area contributed by atoms with Crippen LogP contribution >= 0.6 is 0 Å². The molecule has 0 fully saturated rings. The van der Waals surface area contributed by atoms with Crippen LogP contribution in [0.1, 0.15) is 45.9 Å². The molecular formula is C21H25NO3. The highest BCUT2D eigenvalue weighted by Gasteiger charge is 2.21. The molecule has 0 radical (unpaired) electrons. The Hall–Kier alpha value is -2.33. The first kappa shape index (κ1) is 17.5. The van der Waals surface area contributed by atoms with Crippen molar-refractivity contribution in [1.29, 1.82) is 0 Å². The van der Waals surface area contributed by atoms with Gasteiger partial charge in [0.05, 0.1) is 19.8 Å². The summed E-state index contributed by atoms with van der Waals surface area (Å²) in [6.45, 7) is 0.892. The summed E-state index contributed by atoms with van der Waals surface area (Å²) in [5, 5.41) is 3.67. The van der Waals surface area contributed by atoms with Gasteiger partial charge in [0, 0.05) is 6.04 Å². The summed E-state index contributed by atoms with van der Waals surface area (Å²) in [5.41, 5.74) is 4.41. The smallest absolute Gasteiger partial charge is 0.337 e. The number of nitrogens with one attached hydrogen (secondary N) is 1. The molecule has 1 atom stereocenters. The predicted octanol–water partition coefficient (Wildman–Crippen LogP) is 3.69. The van der Waals surface area contributed by atoms with E-state index in [4.69, 9.17) is 9.47 Å². The number of rotatable bonds is 6. The van der Waals surface area contributed by atoms with E-state index in [2.05, 4.69) is 17.4 Å². The summed E-state index contributed by atoms with van der Waals surface area (Å²) in [4.78, 5) is 11.7. The van der Waals surface area contributed by atoms with Gasteiger partial charge in [0.15, 0.2) is 0 Å². The normalized spacial score (nSPS) is 16.2. The Kier molecular flexibility index (Phi) is 5.71. The van der Waals surface area contributed by atoms with E-state index >= 15 is 0 Å². The second-order valence-corrected chi connectivity index (χ2v) is 6.37. The lowest BCUT2D eigenvalue weighted by Crippen LogP contribution is -2.27. The van der Waals surface area contributed by atoms with Crippen molar-refractivity contribution in [3.63, 3.8) is 0 Å². The summed E-state index contributed by atoms with van der Waals surface area (Å²) in [6, 6.07) is 14.4. The van der Waals surface area contributed by atoms with Crippen molar-refractivity contribution in [2.75, 3.05) is 20.8 Å². The van der Waals surface area contributed by atoms with Crippen molar-refractivity contribution in [2.24, 2.45) is 0 Å². The fourth-order valence-electron chi connectivity index (χ4n) is 3.56. The second kappa shape index (κ2) is 8.17. The molecule has 0 spiro atoms. The number of para-hydroxylation sites is 1. The van der Waals surface area contributed by atoms with Gasteiger partial charge in [-0.2, -0.15) is 0 Å². The zero-order valence-electron chi connectivity index (χ0n) is 14.9. The monoisotopic (exact) mass is 339 g/mol. The van der Waals surface area contributed by atoms with Crippen LogP contribution in [0.15, 0.2) is 42.5 Å². The van der Waals surface area contributed by atoms with Crippen LogP contribution in [0.5, 0.6) is 5.75 Å². The largest absolute Gasteiger partial charge is 0.496 e. The topological polar surface area (TPSA) is 47.6 Å². The van der Waals surface area contributed by atoms with Crippen LogP contribution in [-0.2, 0) is 17.6 Å². The van der Waals surface area contributed by atoms with E-state index < -0.39 is 0 Å². The Morgan fingerprint density at radius 1 is 1.20 bits per heavy atom. The number of carbonyl (C=O) groups excluding carboxylic acids is 1. The average molecular weight is 339 g/mol. The first-order valence-electron chi connectivity index (χ1n) is 8.79. The fraction of sp³-hybridized carbons (Fsp3) is 0.381. The third-order valence-electron chi connectivity index (χ3n) is 4.86. The Morgan fingerprint density at radius 3 is 2.84 bits per heavy atom. The molecule has 1 aliphatic rings. The minimum absolute atomic E-state index is 0.269. The highest BCUT2D eigenvalue weighted by molar-refractivity contribution is 5.89. The molecule has 132 valence electrons. The molecule has 4 heteroatoms. The van der Waals surface area contributed by atoms with E-state index in [9.17, 15) is 4.79 Å². The summed E-state index contributed by atoms with van der Waals surface area (Å²) in [7, 11) is 3.13. The Labute approximate surface area is 149 Å². The highest BCUT2D eigenvalue weighted by atomic mass is 16.5. The molecule has 1 N–H and O–H groups in total. The van der Waals surface area contributed by atoms with Gasteiger partial charge in [0.2, 0.25) is 0 Å². The Morgan fingerprint density at radius 2 is 2.04 bits per heavy atom. The van der Waals surface area contributed by atoms with Gasteiger partial charge in [-0.15, -0.1) is 0 Å².